The Hall–Kier alpha value is -2.33. The van der Waals surface area contributed by atoms with Crippen LogP contribution in [0.4, 0.5) is 5.69 Å². The standard InChI is InChI=1S/C20H20N2OS/c1-2-3-14-24-20-21-18(15-16-10-6-4-7-11-16)19(23)22(20)17-12-8-5-9-13-17/h4-13,15H,2-3,14H2,1H3/b18-15+. The monoisotopic (exact) mass is 336 g/mol. The van der Waals surface area contributed by atoms with Crippen LogP contribution in [-0.4, -0.2) is 16.8 Å². The molecule has 2 aromatic rings. The van der Waals surface area contributed by atoms with Crippen LogP contribution < -0.4 is 4.90 Å². The maximum Gasteiger partial charge on any atom is 0.283 e. The normalized spacial score (nSPS) is 15.9. The Labute approximate surface area is 147 Å². The fourth-order valence-electron chi connectivity index (χ4n) is 2.41. The first-order valence-electron chi connectivity index (χ1n) is 8.17. The number of hydrogen-bond donors (Lipinski definition) is 0. The summed E-state index contributed by atoms with van der Waals surface area (Å²) in [5.74, 6) is 0.897. The van der Waals surface area contributed by atoms with Gasteiger partial charge in [0.1, 0.15) is 5.70 Å². The van der Waals surface area contributed by atoms with Gasteiger partial charge in [-0.3, -0.25) is 9.69 Å². The molecule has 0 spiro atoms. The van der Waals surface area contributed by atoms with Gasteiger partial charge in [-0.2, -0.15) is 0 Å². The molecule has 0 unspecified atom stereocenters. The Morgan fingerprint density at radius 1 is 1.04 bits per heavy atom. The summed E-state index contributed by atoms with van der Waals surface area (Å²) in [6.45, 7) is 2.16. The minimum absolute atomic E-state index is 0.0657. The second kappa shape index (κ2) is 7.97. The molecule has 0 aliphatic carbocycles. The number of amidine groups is 1. The van der Waals surface area contributed by atoms with E-state index >= 15 is 0 Å². The van der Waals surface area contributed by atoms with E-state index in [0.717, 1.165) is 35.0 Å². The average molecular weight is 336 g/mol. The number of carbonyl (C=O) groups is 1. The van der Waals surface area contributed by atoms with Crippen molar-refractivity contribution in [2.24, 2.45) is 4.99 Å². The summed E-state index contributed by atoms with van der Waals surface area (Å²) in [6.07, 6.45) is 4.09. The summed E-state index contributed by atoms with van der Waals surface area (Å²) in [4.78, 5) is 19.2. The van der Waals surface area contributed by atoms with Crippen molar-refractivity contribution in [1.29, 1.82) is 0 Å². The third-order valence-electron chi connectivity index (χ3n) is 3.68. The molecule has 2 aromatic carbocycles. The van der Waals surface area contributed by atoms with Crippen molar-refractivity contribution in [1.82, 2.24) is 0 Å². The highest BCUT2D eigenvalue weighted by Crippen LogP contribution is 2.29. The fraction of sp³-hybridized carbons (Fsp3) is 0.200. The van der Waals surface area contributed by atoms with Gasteiger partial charge in [-0.25, -0.2) is 4.99 Å². The molecule has 1 amide bonds. The Morgan fingerprint density at radius 2 is 1.71 bits per heavy atom. The van der Waals surface area contributed by atoms with Gasteiger partial charge >= 0.3 is 0 Å². The zero-order valence-corrected chi connectivity index (χ0v) is 14.5. The van der Waals surface area contributed by atoms with Crippen molar-refractivity contribution >= 4 is 34.6 Å². The minimum Gasteiger partial charge on any atom is -0.266 e. The van der Waals surface area contributed by atoms with Crippen LogP contribution in [0, 0.1) is 0 Å². The van der Waals surface area contributed by atoms with Crippen LogP contribution in [0.2, 0.25) is 0 Å². The lowest BCUT2D eigenvalue weighted by atomic mass is 10.2. The SMILES string of the molecule is CCCCSC1=N/C(=C/c2ccccc2)C(=O)N1c1ccccc1. The van der Waals surface area contributed by atoms with Gasteiger partial charge in [0.15, 0.2) is 5.17 Å². The minimum atomic E-state index is -0.0657. The number of thioether (sulfide) groups is 1. The number of benzene rings is 2. The van der Waals surface area contributed by atoms with E-state index < -0.39 is 0 Å². The zero-order chi connectivity index (χ0) is 16.8. The third-order valence-corrected chi connectivity index (χ3v) is 4.70. The number of amides is 1. The third kappa shape index (κ3) is 3.77. The van der Waals surface area contributed by atoms with E-state index in [1.165, 1.54) is 0 Å². The predicted octanol–water partition coefficient (Wildman–Crippen LogP) is 4.96. The van der Waals surface area contributed by atoms with Crippen molar-refractivity contribution in [2.75, 3.05) is 10.7 Å². The molecule has 24 heavy (non-hydrogen) atoms. The number of anilines is 1. The molecule has 0 radical (unpaired) electrons. The maximum atomic E-state index is 12.9. The number of nitrogens with zero attached hydrogens (tertiary/aromatic N) is 2. The lowest BCUT2D eigenvalue weighted by molar-refractivity contribution is -0.113. The summed E-state index contributed by atoms with van der Waals surface area (Å²) >= 11 is 1.64. The van der Waals surface area contributed by atoms with Gasteiger partial charge in [0.25, 0.3) is 5.91 Å². The summed E-state index contributed by atoms with van der Waals surface area (Å²) < 4.78 is 0. The molecule has 1 aliphatic heterocycles. The Balaban J connectivity index is 1.92. The fourth-order valence-corrected chi connectivity index (χ4v) is 3.51. The Morgan fingerprint density at radius 3 is 2.38 bits per heavy atom. The van der Waals surface area contributed by atoms with Gasteiger partial charge in [-0.05, 0) is 30.2 Å². The summed E-state index contributed by atoms with van der Waals surface area (Å²) in [6, 6.07) is 19.6. The molecule has 0 aromatic heterocycles. The highest BCUT2D eigenvalue weighted by molar-refractivity contribution is 8.14. The van der Waals surface area contributed by atoms with Crippen molar-refractivity contribution in [3.05, 3.63) is 71.9 Å². The second-order valence-electron chi connectivity index (χ2n) is 5.51. The highest BCUT2D eigenvalue weighted by atomic mass is 32.2. The molecule has 0 fully saturated rings. The number of aliphatic imine (C=N–C) groups is 1. The Kier molecular flexibility index (Phi) is 5.49. The molecule has 0 atom stereocenters. The summed E-state index contributed by atoms with van der Waals surface area (Å²) in [5, 5.41) is 0.766. The molecule has 4 heteroatoms. The molecular weight excluding hydrogens is 316 g/mol. The van der Waals surface area contributed by atoms with Gasteiger partial charge in [-0.1, -0.05) is 73.6 Å². The molecule has 1 heterocycles. The van der Waals surface area contributed by atoms with Gasteiger partial charge in [0.05, 0.1) is 5.69 Å². The van der Waals surface area contributed by atoms with Crippen molar-refractivity contribution in [3.8, 4) is 0 Å². The molecular formula is C20H20N2OS. The quantitative estimate of drug-likeness (QED) is 0.571. The van der Waals surface area contributed by atoms with Crippen LogP contribution in [0.15, 0.2) is 71.4 Å². The van der Waals surface area contributed by atoms with E-state index in [2.05, 4.69) is 11.9 Å². The van der Waals surface area contributed by atoms with Gasteiger partial charge in [-0.15, -0.1) is 0 Å². The lowest BCUT2D eigenvalue weighted by Gasteiger charge is -2.17. The number of para-hydroxylation sites is 1. The molecule has 122 valence electrons. The molecule has 3 nitrogen and oxygen atoms in total. The summed E-state index contributed by atoms with van der Waals surface area (Å²) in [5.41, 5.74) is 2.34. The molecule has 1 aliphatic rings. The second-order valence-corrected chi connectivity index (χ2v) is 6.57. The van der Waals surface area contributed by atoms with E-state index in [-0.39, 0.29) is 5.91 Å². The molecule has 3 rings (SSSR count). The van der Waals surface area contributed by atoms with Crippen molar-refractivity contribution in [3.63, 3.8) is 0 Å². The van der Waals surface area contributed by atoms with Crippen LogP contribution in [-0.2, 0) is 4.79 Å². The van der Waals surface area contributed by atoms with Crippen LogP contribution >= 0.6 is 11.8 Å². The smallest absolute Gasteiger partial charge is 0.266 e. The maximum absolute atomic E-state index is 12.9. The van der Waals surface area contributed by atoms with E-state index in [9.17, 15) is 4.79 Å². The molecule has 0 saturated carbocycles. The van der Waals surface area contributed by atoms with E-state index in [0.29, 0.717) is 5.70 Å². The lowest BCUT2D eigenvalue weighted by Crippen LogP contribution is -2.30. The predicted molar refractivity (Wildman–Crippen MR) is 103 cm³/mol. The average Bonchev–Trinajstić information content (AvgIpc) is 2.92. The highest BCUT2D eigenvalue weighted by Gasteiger charge is 2.31. The van der Waals surface area contributed by atoms with Crippen molar-refractivity contribution < 1.29 is 4.79 Å². The van der Waals surface area contributed by atoms with E-state index in [1.807, 2.05) is 66.7 Å². The van der Waals surface area contributed by atoms with Gasteiger partial charge in [0, 0.05) is 5.75 Å². The number of rotatable bonds is 5. The first-order valence-corrected chi connectivity index (χ1v) is 9.16. The van der Waals surface area contributed by atoms with E-state index in [1.54, 1.807) is 16.7 Å². The zero-order valence-electron chi connectivity index (χ0n) is 13.7. The molecule has 0 bridgehead atoms. The van der Waals surface area contributed by atoms with Crippen LogP contribution in [0.25, 0.3) is 6.08 Å². The first-order chi connectivity index (χ1) is 11.8. The first kappa shape index (κ1) is 16.5. The van der Waals surface area contributed by atoms with Gasteiger partial charge in [0.2, 0.25) is 0 Å². The number of carbonyl (C=O) groups excluding carboxylic acids is 1. The molecule has 0 saturated heterocycles. The Bertz CT molecular complexity index is 754. The molecule has 0 N–H and O–H groups in total. The largest absolute Gasteiger partial charge is 0.283 e. The van der Waals surface area contributed by atoms with Gasteiger partial charge < -0.3 is 0 Å². The number of hydrogen-bond acceptors (Lipinski definition) is 3. The van der Waals surface area contributed by atoms with Crippen LogP contribution in [0.3, 0.4) is 0 Å². The summed E-state index contributed by atoms with van der Waals surface area (Å²) in [7, 11) is 0. The van der Waals surface area contributed by atoms with Crippen LogP contribution in [0.1, 0.15) is 25.3 Å². The van der Waals surface area contributed by atoms with E-state index in [4.69, 9.17) is 0 Å². The van der Waals surface area contributed by atoms with Crippen LogP contribution in [0.5, 0.6) is 0 Å². The number of unbranched alkanes of at least 4 members (excludes halogenated alkanes) is 1. The topological polar surface area (TPSA) is 32.7 Å². The van der Waals surface area contributed by atoms with Crippen molar-refractivity contribution in [2.45, 2.75) is 19.8 Å².